The van der Waals surface area contributed by atoms with Crippen molar-refractivity contribution in [3.63, 3.8) is 0 Å². The molecule has 2 aromatic rings. The molecular formula is C11H9F3N2S. The fourth-order valence-corrected chi connectivity index (χ4v) is 2.35. The predicted molar refractivity (Wildman–Crippen MR) is 60.4 cm³/mol. The van der Waals surface area contributed by atoms with E-state index >= 15 is 0 Å². The molecule has 17 heavy (non-hydrogen) atoms. The highest BCUT2D eigenvalue weighted by Crippen LogP contribution is 2.39. The third-order valence-corrected chi connectivity index (χ3v) is 3.05. The van der Waals surface area contributed by atoms with Gasteiger partial charge in [-0.2, -0.15) is 24.5 Å². The molecule has 0 aliphatic rings. The van der Waals surface area contributed by atoms with E-state index in [-0.39, 0.29) is 12.1 Å². The average molecular weight is 258 g/mol. The van der Waals surface area contributed by atoms with Crippen LogP contribution in [0.15, 0.2) is 29.2 Å². The zero-order valence-electron chi connectivity index (χ0n) is 8.66. The molecule has 0 saturated heterocycles. The zero-order valence-corrected chi connectivity index (χ0v) is 9.48. The summed E-state index contributed by atoms with van der Waals surface area (Å²) in [6, 6.07) is 1.63. The van der Waals surface area contributed by atoms with E-state index in [2.05, 4.69) is 4.98 Å². The lowest BCUT2D eigenvalue weighted by Crippen LogP contribution is -2.05. The number of hydrogen-bond acceptors (Lipinski definition) is 3. The Morgan fingerprint density at radius 2 is 2.00 bits per heavy atom. The fourth-order valence-electron chi connectivity index (χ4n) is 1.49. The number of halogens is 3. The molecule has 0 saturated carbocycles. The van der Waals surface area contributed by atoms with Gasteiger partial charge in [-0.3, -0.25) is 4.98 Å². The van der Waals surface area contributed by atoms with Gasteiger partial charge in [0.1, 0.15) is 0 Å². The van der Waals surface area contributed by atoms with E-state index in [0.717, 1.165) is 16.7 Å². The van der Waals surface area contributed by atoms with Crippen LogP contribution in [0, 0.1) is 0 Å². The van der Waals surface area contributed by atoms with Crippen LogP contribution in [-0.2, 0) is 12.7 Å². The Labute approximate surface area is 99.9 Å². The SMILES string of the molecule is NCc1cncc(-c2cscc2C(F)(F)F)c1. The van der Waals surface area contributed by atoms with Crippen molar-refractivity contribution in [2.24, 2.45) is 5.73 Å². The maximum atomic E-state index is 12.7. The molecule has 0 aromatic carbocycles. The number of alkyl halides is 3. The van der Waals surface area contributed by atoms with Crippen LogP contribution in [0.1, 0.15) is 11.1 Å². The lowest BCUT2D eigenvalue weighted by Gasteiger charge is -2.08. The number of rotatable bonds is 2. The van der Waals surface area contributed by atoms with E-state index in [9.17, 15) is 13.2 Å². The van der Waals surface area contributed by atoms with Gasteiger partial charge in [-0.1, -0.05) is 0 Å². The van der Waals surface area contributed by atoms with Crippen molar-refractivity contribution in [3.8, 4) is 11.1 Å². The normalized spacial score (nSPS) is 11.8. The summed E-state index contributed by atoms with van der Waals surface area (Å²) in [6.07, 6.45) is -1.38. The van der Waals surface area contributed by atoms with Gasteiger partial charge < -0.3 is 5.73 Å². The molecular weight excluding hydrogens is 249 g/mol. The molecule has 90 valence electrons. The second-order valence-electron chi connectivity index (χ2n) is 3.48. The van der Waals surface area contributed by atoms with Crippen molar-refractivity contribution in [1.29, 1.82) is 0 Å². The molecule has 0 unspecified atom stereocenters. The molecule has 0 fully saturated rings. The van der Waals surface area contributed by atoms with Crippen LogP contribution in [0.5, 0.6) is 0 Å². The first-order valence-corrected chi connectivity index (χ1v) is 5.74. The minimum atomic E-state index is -4.34. The average Bonchev–Trinajstić information content (AvgIpc) is 2.77. The van der Waals surface area contributed by atoms with Crippen molar-refractivity contribution in [3.05, 3.63) is 40.3 Å². The van der Waals surface area contributed by atoms with E-state index < -0.39 is 11.7 Å². The van der Waals surface area contributed by atoms with Crippen molar-refractivity contribution in [2.75, 3.05) is 0 Å². The van der Waals surface area contributed by atoms with Crippen molar-refractivity contribution < 1.29 is 13.2 Å². The van der Waals surface area contributed by atoms with Gasteiger partial charge in [0.15, 0.2) is 0 Å². The quantitative estimate of drug-likeness (QED) is 0.897. The van der Waals surface area contributed by atoms with Gasteiger partial charge in [0.25, 0.3) is 0 Å². The van der Waals surface area contributed by atoms with Crippen molar-refractivity contribution in [1.82, 2.24) is 4.98 Å². The molecule has 0 spiro atoms. The van der Waals surface area contributed by atoms with Gasteiger partial charge in [-0.05, 0) is 17.0 Å². The number of nitrogens with zero attached hydrogens (tertiary/aromatic N) is 1. The molecule has 2 heterocycles. The largest absolute Gasteiger partial charge is 0.417 e. The second-order valence-corrected chi connectivity index (χ2v) is 4.23. The van der Waals surface area contributed by atoms with E-state index in [1.54, 1.807) is 12.3 Å². The predicted octanol–water partition coefficient (Wildman–Crippen LogP) is 3.29. The summed E-state index contributed by atoms with van der Waals surface area (Å²) in [4.78, 5) is 3.89. The minimum absolute atomic E-state index is 0.158. The lowest BCUT2D eigenvalue weighted by molar-refractivity contribution is -0.136. The Bertz CT molecular complexity index is 519. The Morgan fingerprint density at radius 3 is 2.65 bits per heavy atom. The van der Waals surface area contributed by atoms with E-state index in [4.69, 9.17) is 5.73 Å². The number of aromatic nitrogens is 1. The first kappa shape index (κ1) is 12.1. The first-order chi connectivity index (χ1) is 8.02. The van der Waals surface area contributed by atoms with Crippen LogP contribution < -0.4 is 5.73 Å². The van der Waals surface area contributed by atoms with Gasteiger partial charge >= 0.3 is 6.18 Å². The molecule has 0 bridgehead atoms. The molecule has 0 atom stereocenters. The minimum Gasteiger partial charge on any atom is -0.326 e. The Kier molecular flexibility index (Phi) is 3.17. The van der Waals surface area contributed by atoms with Gasteiger partial charge in [0.2, 0.25) is 0 Å². The van der Waals surface area contributed by atoms with Crippen LogP contribution in [0.25, 0.3) is 11.1 Å². The van der Waals surface area contributed by atoms with Gasteiger partial charge in [-0.15, -0.1) is 0 Å². The number of nitrogens with two attached hydrogens (primary N) is 1. The lowest BCUT2D eigenvalue weighted by atomic mass is 10.0. The summed E-state index contributed by atoms with van der Waals surface area (Å²) in [5, 5.41) is 2.57. The third kappa shape index (κ3) is 2.48. The van der Waals surface area contributed by atoms with Crippen LogP contribution >= 0.6 is 11.3 Å². The second kappa shape index (κ2) is 4.46. The highest BCUT2D eigenvalue weighted by atomic mass is 32.1. The molecule has 0 radical (unpaired) electrons. The molecule has 2 aromatic heterocycles. The summed E-state index contributed by atoms with van der Waals surface area (Å²) in [7, 11) is 0. The highest BCUT2D eigenvalue weighted by molar-refractivity contribution is 7.08. The summed E-state index contributed by atoms with van der Waals surface area (Å²) in [5.41, 5.74) is 6.12. The van der Waals surface area contributed by atoms with E-state index in [1.165, 1.54) is 11.6 Å². The topological polar surface area (TPSA) is 38.9 Å². The van der Waals surface area contributed by atoms with Crippen molar-refractivity contribution >= 4 is 11.3 Å². The number of pyridine rings is 1. The Hall–Kier alpha value is -1.40. The number of hydrogen-bond donors (Lipinski definition) is 1. The highest BCUT2D eigenvalue weighted by Gasteiger charge is 2.34. The van der Waals surface area contributed by atoms with Crippen molar-refractivity contribution in [2.45, 2.75) is 12.7 Å². The maximum absolute atomic E-state index is 12.7. The third-order valence-electron chi connectivity index (χ3n) is 2.31. The summed E-state index contributed by atoms with van der Waals surface area (Å²) < 4.78 is 38.1. The molecule has 0 aliphatic heterocycles. The van der Waals surface area contributed by atoms with Gasteiger partial charge in [0, 0.05) is 35.4 Å². The van der Waals surface area contributed by atoms with Gasteiger partial charge in [0.05, 0.1) is 5.56 Å². The van der Waals surface area contributed by atoms with E-state index in [0.29, 0.717) is 11.1 Å². The fraction of sp³-hybridized carbons (Fsp3) is 0.182. The first-order valence-electron chi connectivity index (χ1n) is 4.80. The standard InChI is InChI=1S/C11H9F3N2S/c12-11(13,14)10-6-17-5-9(10)8-1-7(2-15)3-16-4-8/h1,3-6H,2,15H2. The van der Waals surface area contributed by atoms with Gasteiger partial charge in [-0.25, -0.2) is 0 Å². The van der Waals surface area contributed by atoms with Crippen LogP contribution in [-0.4, -0.2) is 4.98 Å². The smallest absolute Gasteiger partial charge is 0.326 e. The van der Waals surface area contributed by atoms with Crippen LogP contribution in [0.3, 0.4) is 0 Å². The Balaban J connectivity index is 2.50. The molecule has 0 amide bonds. The zero-order chi connectivity index (χ0) is 12.5. The Morgan fingerprint density at radius 1 is 1.24 bits per heavy atom. The monoisotopic (exact) mass is 258 g/mol. The molecule has 6 heteroatoms. The molecule has 2 N–H and O–H groups in total. The number of thiophene rings is 1. The molecule has 2 rings (SSSR count). The summed E-state index contributed by atoms with van der Waals surface area (Å²) in [6.45, 7) is 0.256. The van der Waals surface area contributed by atoms with Crippen LogP contribution in [0.2, 0.25) is 0 Å². The summed E-state index contributed by atoms with van der Waals surface area (Å²) >= 11 is 1.02. The summed E-state index contributed by atoms with van der Waals surface area (Å²) in [5.74, 6) is 0. The van der Waals surface area contributed by atoms with Crippen LogP contribution in [0.4, 0.5) is 13.2 Å². The maximum Gasteiger partial charge on any atom is 0.417 e. The molecule has 0 aliphatic carbocycles. The molecule has 2 nitrogen and oxygen atoms in total. The van der Waals surface area contributed by atoms with E-state index in [1.807, 2.05) is 0 Å².